The maximum absolute atomic E-state index is 9.60. The summed E-state index contributed by atoms with van der Waals surface area (Å²) in [5.74, 6) is 0. The molecule has 1 N–H and O–H groups in total. The van der Waals surface area contributed by atoms with Crippen molar-refractivity contribution in [3.05, 3.63) is 23.3 Å². The van der Waals surface area contributed by atoms with Crippen LogP contribution in [0.4, 0.5) is 0 Å². The number of hydrogen-bond acceptors (Lipinski definition) is 1. The van der Waals surface area contributed by atoms with Crippen LogP contribution < -0.4 is 0 Å². The van der Waals surface area contributed by atoms with Gasteiger partial charge in [-0.2, -0.15) is 0 Å². The van der Waals surface area contributed by atoms with Crippen LogP contribution in [-0.4, -0.2) is 10.7 Å². The minimum Gasteiger partial charge on any atom is -0.386 e. The first-order valence-corrected chi connectivity index (χ1v) is 3.59. The Morgan fingerprint density at radius 2 is 2.10 bits per heavy atom. The van der Waals surface area contributed by atoms with Crippen molar-refractivity contribution >= 4 is 0 Å². The maximum atomic E-state index is 9.60. The summed E-state index contributed by atoms with van der Waals surface area (Å²) in [7, 11) is 0. The maximum Gasteiger partial charge on any atom is 0.0842 e. The first-order valence-electron chi connectivity index (χ1n) is 3.59. The molecule has 0 bridgehead atoms. The fourth-order valence-electron chi connectivity index (χ4n) is 1.59. The fraction of sp³-hybridized carbons (Fsp3) is 0.556. The van der Waals surface area contributed by atoms with E-state index in [1.807, 2.05) is 26.8 Å². The molecule has 0 amide bonds. The molecule has 0 saturated heterocycles. The molecule has 0 aromatic carbocycles. The van der Waals surface area contributed by atoms with Gasteiger partial charge in [-0.25, -0.2) is 0 Å². The summed E-state index contributed by atoms with van der Waals surface area (Å²) in [5, 5.41) is 9.60. The highest BCUT2D eigenvalue weighted by Gasteiger charge is 2.20. The topological polar surface area (TPSA) is 20.2 Å². The van der Waals surface area contributed by atoms with Crippen LogP contribution in [0, 0.1) is 0 Å². The minimum atomic E-state index is -0.608. The first kappa shape index (κ1) is 7.55. The van der Waals surface area contributed by atoms with E-state index in [0.717, 1.165) is 12.0 Å². The Hall–Kier alpha value is -0.560. The summed E-state index contributed by atoms with van der Waals surface area (Å²) in [5.41, 5.74) is 1.81. The van der Waals surface area contributed by atoms with E-state index in [-0.39, 0.29) is 0 Å². The van der Waals surface area contributed by atoms with E-state index in [2.05, 4.69) is 6.08 Å². The Morgan fingerprint density at radius 1 is 1.50 bits per heavy atom. The summed E-state index contributed by atoms with van der Waals surface area (Å²) in [6, 6.07) is 0. The molecule has 10 heavy (non-hydrogen) atoms. The van der Waals surface area contributed by atoms with Gasteiger partial charge in [-0.15, -0.1) is 0 Å². The molecular formula is C9H14O. The van der Waals surface area contributed by atoms with E-state index < -0.39 is 5.60 Å². The van der Waals surface area contributed by atoms with Gasteiger partial charge in [-0.1, -0.05) is 23.3 Å². The average molecular weight is 138 g/mol. The minimum absolute atomic E-state index is 0.608. The number of hydrogen-bond donors (Lipinski definition) is 1. The fourth-order valence-corrected chi connectivity index (χ4v) is 1.59. The van der Waals surface area contributed by atoms with Crippen molar-refractivity contribution in [1.29, 1.82) is 0 Å². The van der Waals surface area contributed by atoms with Gasteiger partial charge < -0.3 is 5.11 Å². The average Bonchev–Trinajstić information content (AvgIpc) is 1.54. The molecule has 0 aliphatic heterocycles. The Labute approximate surface area is 62.1 Å². The quantitative estimate of drug-likeness (QED) is 0.543. The van der Waals surface area contributed by atoms with Crippen molar-refractivity contribution in [2.24, 2.45) is 0 Å². The van der Waals surface area contributed by atoms with Crippen LogP contribution in [0.1, 0.15) is 27.2 Å². The molecule has 0 aromatic heterocycles. The van der Waals surface area contributed by atoms with Gasteiger partial charge in [0.25, 0.3) is 0 Å². The van der Waals surface area contributed by atoms with Crippen molar-refractivity contribution in [2.75, 3.05) is 0 Å². The smallest absolute Gasteiger partial charge is 0.0842 e. The normalized spacial score (nSPS) is 33.2. The third-order valence-electron chi connectivity index (χ3n) is 1.65. The van der Waals surface area contributed by atoms with E-state index in [0.29, 0.717) is 0 Å². The summed E-state index contributed by atoms with van der Waals surface area (Å²) in [6.07, 6.45) is 4.78. The van der Waals surface area contributed by atoms with Crippen molar-refractivity contribution in [2.45, 2.75) is 32.8 Å². The Bertz CT molecular complexity index is 197. The number of rotatable bonds is 0. The van der Waals surface area contributed by atoms with E-state index in [9.17, 15) is 5.11 Å². The Kier molecular flexibility index (Phi) is 1.69. The highest BCUT2D eigenvalue weighted by molar-refractivity contribution is 5.30. The molecule has 0 radical (unpaired) electrons. The van der Waals surface area contributed by atoms with Crippen LogP contribution in [0.3, 0.4) is 0 Å². The predicted molar refractivity (Wildman–Crippen MR) is 42.8 cm³/mol. The van der Waals surface area contributed by atoms with Gasteiger partial charge in [0.1, 0.15) is 0 Å². The lowest BCUT2D eigenvalue weighted by Gasteiger charge is -2.23. The molecule has 1 aliphatic rings. The van der Waals surface area contributed by atoms with Gasteiger partial charge in [0.05, 0.1) is 5.60 Å². The monoisotopic (exact) mass is 138 g/mol. The van der Waals surface area contributed by atoms with Crippen LogP contribution >= 0.6 is 0 Å². The van der Waals surface area contributed by atoms with Crippen LogP contribution in [-0.2, 0) is 0 Å². The first-order chi connectivity index (χ1) is 4.49. The van der Waals surface area contributed by atoms with Gasteiger partial charge in [-0.05, 0) is 20.8 Å². The van der Waals surface area contributed by atoms with E-state index in [1.165, 1.54) is 5.57 Å². The molecule has 1 nitrogen and oxygen atoms in total. The third-order valence-corrected chi connectivity index (χ3v) is 1.65. The molecule has 0 fully saturated rings. The lowest BCUT2D eigenvalue weighted by molar-refractivity contribution is 0.110. The van der Waals surface area contributed by atoms with E-state index in [1.54, 1.807) is 0 Å². The molecule has 0 spiro atoms. The molecule has 1 atom stereocenters. The van der Waals surface area contributed by atoms with Crippen molar-refractivity contribution in [1.82, 2.24) is 0 Å². The van der Waals surface area contributed by atoms with Crippen LogP contribution in [0.15, 0.2) is 23.3 Å². The van der Waals surface area contributed by atoms with Crippen molar-refractivity contribution < 1.29 is 5.11 Å². The zero-order valence-corrected chi connectivity index (χ0v) is 6.81. The molecule has 0 heterocycles. The van der Waals surface area contributed by atoms with E-state index >= 15 is 0 Å². The highest BCUT2D eigenvalue weighted by Crippen LogP contribution is 2.24. The van der Waals surface area contributed by atoms with Gasteiger partial charge in [-0.3, -0.25) is 0 Å². The predicted octanol–water partition coefficient (Wildman–Crippen LogP) is 2.03. The zero-order chi connectivity index (χ0) is 7.78. The molecular weight excluding hydrogens is 124 g/mol. The Morgan fingerprint density at radius 3 is 2.50 bits per heavy atom. The lowest BCUT2D eigenvalue weighted by atomic mass is 9.89. The molecule has 56 valence electrons. The van der Waals surface area contributed by atoms with Crippen molar-refractivity contribution in [3.63, 3.8) is 0 Å². The lowest BCUT2D eigenvalue weighted by Crippen LogP contribution is -2.23. The second-order valence-corrected chi connectivity index (χ2v) is 3.41. The van der Waals surface area contributed by atoms with Crippen molar-refractivity contribution in [3.8, 4) is 0 Å². The largest absolute Gasteiger partial charge is 0.386 e. The molecule has 1 aliphatic carbocycles. The SMILES string of the molecule is CC1=CC(C)(O)CC(C)=C1. The summed E-state index contributed by atoms with van der Waals surface area (Å²) in [6.45, 7) is 5.90. The molecule has 0 saturated carbocycles. The summed E-state index contributed by atoms with van der Waals surface area (Å²) in [4.78, 5) is 0. The van der Waals surface area contributed by atoms with Gasteiger partial charge in [0.2, 0.25) is 0 Å². The third kappa shape index (κ3) is 1.71. The Balaban J connectivity index is 2.88. The van der Waals surface area contributed by atoms with Gasteiger partial charge >= 0.3 is 0 Å². The van der Waals surface area contributed by atoms with Gasteiger partial charge in [0.15, 0.2) is 0 Å². The van der Waals surface area contributed by atoms with E-state index in [4.69, 9.17) is 0 Å². The van der Waals surface area contributed by atoms with Crippen LogP contribution in [0.2, 0.25) is 0 Å². The second kappa shape index (κ2) is 2.24. The summed E-state index contributed by atoms with van der Waals surface area (Å²) >= 11 is 0. The van der Waals surface area contributed by atoms with Crippen LogP contribution in [0.5, 0.6) is 0 Å². The number of aliphatic hydroxyl groups is 1. The molecule has 1 unspecified atom stereocenters. The standard InChI is InChI=1S/C9H14O/c1-7-4-8(2)6-9(3,10)5-7/h4-5,10H,6H2,1-3H3. The molecule has 0 aromatic rings. The zero-order valence-electron chi connectivity index (χ0n) is 6.81. The molecule has 1 rings (SSSR count). The molecule has 1 heteroatoms. The number of allylic oxidation sites excluding steroid dienone is 2. The second-order valence-electron chi connectivity index (χ2n) is 3.41. The summed E-state index contributed by atoms with van der Waals surface area (Å²) < 4.78 is 0. The van der Waals surface area contributed by atoms with Crippen LogP contribution in [0.25, 0.3) is 0 Å². The van der Waals surface area contributed by atoms with Gasteiger partial charge in [0, 0.05) is 6.42 Å². The highest BCUT2D eigenvalue weighted by atomic mass is 16.3.